The van der Waals surface area contributed by atoms with E-state index >= 15 is 0 Å². The van der Waals surface area contributed by atoms with Gasteiger partial charge in [0, 0.05) is 6.42 Å². The summed E-state index contributed by atoms with van der Waals surface area (Å²) < 4.78 is 0. The average Bonchev–Trinajstić information content (AvgIpc) is 2.27. The first kappa shape index (κ1) is 13.3. The minimum atomic E-state index is -1.62. The fourth-order valence-electron chi connectivity index (χ4n) is 1.55. The van der Waals surface area contributed by atoms with E-state index in [-0.39, 0.29) is 24.4 Å². The molecule has 1 aromatic rings. The van der Waals surface area contributed by atoms with Crippen molar-refractivity contribution in [3.8, 4) is 0 Å². The van der Waals surface area contributed by atoms with Crippen molar-refractivity contribution in [3.05, 3.63) is 34.9 Å². The van der Waals surface area contributed by atoms with Gasteiger partial charge in [-0.1, -0.05) is 18.2 Å². The van der Waals surface area contributed by atoms with Gasteiger partial charge in [-0.2, -0.15) is 0 Å². The highest BCUT2D eigenvalue weighted by Crippen LogP contribution is 2.19. The summed E-state index contributed by atoms with van der Waals surface area (Å²) in [7, 11) is 0. The zero-order valence-corrected chi connectivity index (χ0v) is 9.38. The molecule has 1 atom stereocenters. The van der Waals surface area contributed by atoms with Gasteiger partial charge in [-0.15, -0.1) is 0 Å². The van der Waals surface area contributed by atoms with Crippen LogP contribution in [0.5, 0.6) is 0 Å². The van der Waals surface area contributed by atoms with Crippen LogP contribution in [0, 0.1) is 0 Å². The summed E-state index contributed by atoms with van der Waals surface area (Å²) in [5, 5.41) is 27.1. The maximum atomic E-state index is 11.0. The molecule has 1 unspecified atom stereocenters. The number of aliphatic hydroxyl groups is 2. The van der Waals surface area contributed by atoms with Crippen molar-refractivity contribution >= 4 is 11.8 Å². The second-order valence-corrected chi connectivity index (χ2v) is 3.81. The average molecular weight is 238 g/mol. The molecule has 0 aromatic heterocycles. The van der Waals surface area contributed by atoms with Crippen LogP contribution in [0.1, 0.15) is 29.7 Å². The topological polar surface area (TPSA) is 94.8 Å². The summed E-state index contributed by atoms with van der Waals surface area (Å²) in [6.45, 7) is 1.13. The third kappa shape index (κ3) is 3.37. The Hall–Kier alpha value is -1.72. The predicted molar refractivity (Wildman–Crippen MR) is 59.3 cm³/mol. The van der Waals surface area contributed by atoms with Crippen LogP contribution in [0.4, 0.5) is 0 Å². The van der Waals surface area contributed by atoms with Gasteiger partial charge >= 0.3 is 5.97 Å². The summed E-state index contributed by atoms with van der Waals surface area (Å²) in [5.41, 5.74) is 1.29. The highest BCUT2D eigenvalue weighted by atomic mass is 16.4. The number of carboxylic acid groups (broad SMARTS) is 1. The molecule has 0 amide bonds. The van der Waals surface area contributed by atoms with Crippen molar-refractivity contribution in [1.82, 2.24) is 0 Å². The minimum Gasteiger partial charge on any atom is -0.479 e. The second kappa shape index (κ2) is 5.56. The van der Waals surface area contributed by atoms with E-state index in [1.807, 2.05) is 0 Å². The lowest BCUT2D eigenvalue weighted by molar-refractivity contribution is -0.147. The van der Waals surface area contributed by atoms with Crippen LogP contribution in [-0.4, -0.2) is 27.1 Å². The summed E-state index contributed by atoms with van der Waals surface area (Å²) in [5.74, 6) is -1.40. The molecule has 0 heterocycles. The van der Waals surface area contributed by atoms with Crippen LogP contribution in [-0.2, 0) is 22.6 Å². The van der Waals surface area contributed by atoms with Gasteiger partial charge in [0.1, 0.15) is 5.78 Å². The molecule has 5 nitrogen and oxygen atoms in total. The second-order valence-electron chi connectivity index (χ2n) is 3.81. The lowest BCUT2D eigenvalue weighted by Gasteiger charge is -2.11. The van der Waals surface area contributed by atoms with Crippen molar-refractivity contribution in [2.24, 2.45) is 0 Å². The highest BCUT2D eigenvalue weighted by Gasteiger charge is 2.17. The zero-order valence-electron chi connectivity index (χ0n) is 9.38. The molecule has 0 saturated heterocycles. The number of rotatable bonds is 5. The maximum absolute atomic E-state index is 11.0. The van der Waals surface area contributed by atoms with E-state index in [2.05, 4.69) is 0 Å². The summed E-state index contributed by atoms with van der Waals surface area (Å²) in [6.07, 6.45) is -1.44. The number of hydrogen-bond acceptors (Lipinski definition) is 4. The van der Waals surface area contributed by atoms with Gasteiger partial charge in [-0.05, 0) is 23.6 Å². The Morgan fingerprint density at radius 3 is 2.41 bits per heavy atom. The molecular formula is C12H14O5. The number of carbonyl (C=O) groups is 2. The fraction of sp³-hybridized carbons (Fsp3) is 0.333. The number of aliphatic hydroxyl groups excluding tert-OH is 2. The number of Topliss-reactive ketones (excluding diaryl/α,β-unsaturated/α-hetero) is 1. The van der Waals surface area contributed by atoms with Crippen molar-refractivity contribution in [2.45, 2.75) is 26.1 Å². The Balaban J connectivity index is 3.07. The molecule has 0 radical (unpaired) electrons. The number of benzene rings is 1. The summed E-state index contributed by atoms with van der Waals surface area (Å²) in [4.78, 5) is 21.6. The van der Waals surface area contributed by atoms with Gasteiger partial charge in [-0.3, -0.25) is 4.79 Å². The molecular weight excluding hydrogens is 224 g/mol. The Kier molecular flexibility index (Phi) is 4.37. The van der Waals surface area contributed by atoms with E-state index in [1.165, 1.54) is 19.1 Å². The third-order valence-corrected chi connectivity index (χ3v) is 2.39. The first-order valence-corrected chi connectivity index (χ1v) is 5.08. The lowest BCUT2D eigenvalue weighted by atomic mass is 9.98. The Bertz CT molecular complexity index is 439. The molecule has 0 fully saturated rings. The molecule has 3 N–H and O–H groups in total. The van der Waals surface area contributed by atoms with Gasteiger partial charge in [0.05, 0.1) is 6.61 Å². The number of aliphatic carboxylic acids is 1. The van der Waals surface area contributed by atoms with Crippen LogP contribution in [0.15, 0.2) is 18.2 Å². The van der Waals surface area contributed by atoms with E-state index < -0.39 is 12.1 Å². The molecule has 17 heavy (non-hydrogen) atoms. The normalized spacial score (nSPS) is 12.2. The molecule has 5 heteroatoms. The number of carboxylic acids is 1. The van der Waals surface area contributed by atoms with Crippen molar-refractivity contribution in [1.29, 1.82) is 0 Å². The molecule has 92 valence electrons. The molecule has 0 saturated carbocycles. The largest absolute Gasteiger partial charge is 0.479 e. The monoisotopic (exact) mass is 238 g/mol. The highest BCUT2D eigenvalue weighted by molar-refractivity contribution is 5.79. The smallest absolute Gasteiger partial charge is 0.337 e. The van der Waals surface area contributed by atoms with Gasteiger partial charge in [0.2, 0.25) is 0 Å². The Morgan fingerprint density at radius 2 is 1.94 bits per heavy atom. The summed E-state index contributed by atoms with van der Waals surface area (Å²) in [6, 6.07) is 4.39. The van der Waals surface area contributed by atoms with E-state index in [4.69, 9.17) is 10.2 Å². The first-order valence-electron chi connectivity index (χ1n) is 5.08. The van der Waals surface area contributed by atoms with E-state index in [1.54, 1.807) is 6.07 Å². The third-order valence-electron chi connectivity index (χ3n) is 2.39. The van der Waals surface area contributed by atoms with Crippen LogP contribution in [0.25, 0.3) is 0 Å². The van der Waals surface area contributed by atoms with Gasteiger partial charge in [-0.25, -0.2) is 4.79 Å². The number of carbonyl (C=O) groups excluding carboxylic acids is 1. The molecule has 1 aromatic carbocycles. The van der Waals surface area contributed by atoms with Crippen LogP contribution in [0.2, 0.25) is 0 Å². The van der Waals surface area contributed by atoms with Gasteiger partial charge in [0.15, 0.2) is 6.10 Å². The van der Waals surface area contributed by atoms with Crippen LogP contribution < -0.4 is 0 Å². The molecule has 0 aliphatic rings. The molecule has 0 bridgehead atoms. The van der Waals surface area contributed by atoms with E-state index in [9.17, 15) is 14.7 Å². The molecule has 1 rings (SSSR count). The lowest BCUT2D eigenvalue weighted by Crippen LogP contribution is -2.11. The van der Waals surface area contributed by atoms with Crippen molar-refractivity contribution < 1.29 is 24.9 Å². The van der Waals surface area contributed by atoms with Gasteiger partial charge in [0.25, 0.3) is 0 Å². The standard InChI is InChI=1S/C12H14O5/c1-7(14)4-8-2-3-9(5-10(8)6-13)11(15)12(16)17/h2-3,5,11,13,15H,4,6H2,1H3,(H,16,17). The molecule has 0 aliphatic heterocycles. The van der Waals surface area contributed by atoms with E-state index in [0.717, 1.165) is 0 Å². The quantitative estimate of drug-likeness (QED) is 0.691. The fourth-order valence-corrected chi connectivity index (χ4v) is 1.55. The van der Waals surface area contributed by atoms with Gasteiger partial charge < -0.3 is 15.3 Å². The van der Waals surface area contributed by atoms with E-state index in [0.29, 0.717) is 11.1 Å². The molecule has 0 spiro atoms. The SMILES string of the molecule is CC(=O)Cc1ccc(C(O)C(=O)O)cc1CO. The van der Waals surface area contributed by atoms with Crippen molar-refractivity contribution in [2.75, 3.05) is 0 Å². The zero-order chi connectivity index (χ0) is 13.0. The Labute approximate surface area is 98.3 Å². The maximum Gasteiger partial charge on any atom is 0.337 e. The minimum absolute atomic E-state index is 0.0498. The van der Waals surface area contributed by atoms with Crippen LogP contribution >= 0.6 is 0 Å². The predicted octanol–water partition coefficient (Wildman–Crippen LogP) is 0.428. The molecule has 0 aliphatic carbocycles. The first-order chi connectivity index (χ1) is 7.95. The number of hydrogen-bond donors (Lipinski definition) is 3. The van der Waals surface area contributed by atoms with Crippen molar-refractivity contribution in [3.63, 3.8) is 0 Å². The summed E-state index contributed by atoms with van der Waals surface area (Å²) >= 11 is 0. The number of ketones is 1. The van der Waals surface area contributed by atoms with Crippen LogP contribution in [0.3, 0.4) is 0 Å². The Morgan fingerprint density at radius 1 is 1.29 bits per heavy atom.